The first-order chi connectivity index (χ1) is 18.5. The van der Waals surface area contributed by atoms with Crippen LogP contribution in [0.1, 0.15) is 60.0 Å². The van der Waals surface area contributed by atoms with E-state index in [0.717, 1.165) is 66.2 Å². The Kier molecular flexibility index (Phi) is 6.35. The lowest BCUT2D eigenvalue weighted by Gasteiger charge is -2.30. The van der Waals surface area contributed by atoms with E-state index in [2.05, 4.69) is 48.7 Å². The van der Waals surface area contributed by atoms with Crippen LogP contribution in [-0.2, 0) is 6.42 Å². The summed E-state index contributed by atoms with van der Waals surface area (Å²) < 4.78 is 12.7. The van der Waals surface area contributed by atoms with E-state index in [4.69, 9.17) is 24.5 Å². The quantitative estimate of drug-likeness (QED) is 0.380. The summed E-state index contributed by atoms with van der Waals surface area (Å²) in [4.78, 5) is 22.5. The molecule has 1 amide bonds. The second-order valence-electron chi connectivity index (χ2n) is 10.1. The predicted molar refractivity (Wildman–Crippen MR) is 145 cm³/mol. The summed E-state index contributed by atoms with van der Waals surface area (Å²) in [6.07, 6.45) is 4.39. The highest BCUT2D eigenvalue weighted by atomic mass is 16.7. The zero-order chi connectivity index (χ0) is 26.2. The third-order valence-corrected chi connectivity index (χ3v) is 7.38. The number of fused-ring (bicyclic) bond motifs is 2. The van der Waals surface area contributed by atoms with Crippen LogP contribution in [-0.4, -0.2) is 44.5 Å². The fourth-order valence-corrected chi connectivity index (χ4v) is 5.24. The summed E-state index contributed by atoms with van der Waals surface area (Å²) in [5, 5.41) is 12.7. The first kappa shape index (κ1) is 24.2. The average molecular weight is 513 g/mol. The van der Waals surface area contributed by atoms with Gasteiger partial charge in [0.1, 0.15) is 11.6 Å². The van der Waals surface area contributed by atoms with Gasteiger partial charge in [-0.2, -0.15) is 5.10 Å². The highest BCUT2D eigenvalue weighted by Gasteiger charge is 2.26. The molecule has 1 saturated carbocycles. The van der Waals surface area contributed by atoms with Gasteiger partial charge in [-0.1, -0.05) is 24.6 Å². The molecule has 2 aliphatic rings. The lowest BCUT2D eigenvalue weighted by atomic mass is 9.91. The van der Waals surface area contributed by atoms with Crippen LogP contribution in [0.2, 0.25) is 0 Å². The molecular formula is C29H32N6O3. The minimum atomic E-state index is -0.0797. The Balaban J connectivity index is 1.16. The van der Waals surface area contributed by atoms with Gasteiger partial charge >= 0.3 is 0 Å². The van der Waals surface area contributed by atoms with E-state index in [1.807, 2.05) is 11.6 Å². The van der Waals surface area contributed by atoms with Crippen molar-refractivity contribution in [3.8, 4) is 17.2 Å². The molecule has 0 radical (unpaired) electrons. The number of hydrogen-bond acceptors (Lipinski definition) is 7. The van der Waals surface area contributed by atoms with Crippen molar-refractivity contribution in [3.05, 3.63) is 65.1 Å². The number of ether oxygens (including phenoxy) is 2. The van der Waals surface area contributed by atoms with Crippen LogP contribution in [0.5, 0.6) is 11.5 Å². The smallest absolute Gasteiger partial charge is 0.251 e. The largest absolute Gasteiger partial charge is 0.454 e. The molecule has 0 unspecified atom stereocenters. The van der Waals surface area contributed by atoms with Crippen molar-refractivity contribution >= 4 is 22.8 Å². The Labute approximate surface area is 221 Å². The summed E-state index contributed by atoms with van der Waals surface area (Å²) in [6, 6.07) is 14.0. The molecule has 1 aliphatic carbocycles. The fraction of sp³-hybridized carbons (Fsp3) is 0.379. The first-order valence-electron chi connectivity index (χ1n) is 13.3. The van der Waals surface area contributed by atoms with Crippen LogP contribution < -0.4 is 20.1 Å². The number of carbonyl (C=O) groups is 1. The van der Waals surface area contributed by atoms with E-state index in [1.165, 1.54) is 5.56 Å². The maximum atomic E-state index is 12.8. The summed E-state index contributed by atoms with van der Waals surface area (Å²) >= 11 is 0. The number of nitrogens with one attached hydrogen (secondary N) is 2. The number of anilines is 1. The summed E-state index contributed by atoms with van der Waals surface area (Å²) in [6.45, 7) is 6.35. The average Bonchev–Trinajstić information content (AvgIpc) is 3.54. The standard InChI is InChI=1S/C29H32N6O3/c1-4-25-32-27(26-18(3)34-35(28(26)33-25)22-12-5-17(2)6-13-22)30-20-8-10-21(11-9-20)31-29(36)19-7-14-23-24(15-19)38-16-37-23/h5-7,12-15,20-21H,4,8-11,16H2,1-3H3,(H,31,36)(H,30,32,33). The molecule has 0 saturated heterocycles. The molecule has 0 atom stereocenters. The molecule has 38 heavy (non-hydrogen) atoms. The van der Waals surface area contributed by atoms with E-state index in [9.17, 15) is 4.79 Å². The topological polar surface area (TPSA) is 103 Å². The molecule has 9 heteroatoms. The Bertz CT molecular complexity index is 1490. The zero-order valence-corrected chi connectivity index (χ0v) is 22.0. The summed E-state index contributed by atoms with van der Waals surface area (Å²) in [5.41, 5.74) is 4.50. The van der Waals surface area contributed by atoms with Crippen LogP contribution in [0, 0.1) is 13.8 Å². The van der Waals surface area contributed by atoms with Crippen molar-refractivity contribution in [3.63, 3.8) is 0 Å². The van der Waals surface area contributed by atoms with Crippen LogP contribution in [0.25, 0.3) is 16.7 Å². The van der Waals surface area contributed by atoms with Gasteiger partial charge in [-0.05, 0) is 69.9 Å². The van der Waals surface area contributed by atoms with Crippen molar-refractivity contribution < 1.29 is 14.3 Å². The lowest BCUT2D eigenvalue weighted by molar-refractivity contribution is 0.0926. The fourth-order valence-electron chi connectivity index (χ4n) is 5.24. The maximum Gasteiger partial charge on any atom is 0.251 e. The lowest BCUT2D eigenvalue weighted by Crippen LogP contribution is -2.40. The molecule has 1 aliphatic heterocycles. The van der Waals surface area contributed by atoms with Crippen LogP contribution >= 0.6 is 0 Å². The third-order valence-electron chi connectivity index (χ3n) is 7.38. The number of amides is 1. The zero-order valence-electron chi connectivity index (χ0n) is 22.0. The van der Waals surface area contributed by atoms with Gasteiger partial charge < -0.3 is 20.1 Å². The molecule has 0 bridgehead atoms. The number of hydrogen-bond donors (Lipinski definition) is 2. The Morgan fingerprint density at radius 2 is 1.71 bits per heavy atom. The Hall–Kier alpha value is -4.14. The molecule has 0 spiro atoms. The number of aryl methyl sites for hydroxylation is 3. The van der Waals surface area contributed by atoms with Gasteiger partial charge in [-0.3, -0.25) is 4.79 Å². The van der Waals surface area contributed by atoms with Gasteiger partial charge in [0, 0.05) is 24.1 Å². The second kappa shape index (κ2) is 9.96. The molecule has 196 valence electrons. The van der Waals surface area contributed by atoms with E-state index in [0.29, 0.717) is 17.1 Å². The molecule has 9 nitrogen and oxygen atoms in total. The Morgan fingerprint density at radius 3 is 2.47 bits per heavy atom. The van der Waals surface area contributed by atoms with Gasteiger partial charge in [0.2, 0.25) is 6.79 Å². The number of carbonyl (C=O) groups excluding carboxylic acids is 1. The molecule has 2 N–H and O–H groups in total. The summed E-state index contributed by atoms with van der Waals surface area (Å²) in [7, 11) is 0. The number of rotatable bonds is 6. The van der Waals surface area contributed by atoms with Crippen LogP contribution in [0.4, 0.5) is 5.82 Å². The van der Waals surface area contributed by atoms with Crippen molar-refractivity contribution in [2.45, 2.75) is 65.0 Å². The third kappa shape index (κ3) is 4.64. The molecule has 2 aromatic heterocycles. The number of nitrogens with zero attached hydrogens (tertiary/aromatic N) is 4. The van der Waals surface area contributed by atoms with E-state index in [1.54, 1.807) is 18.2 Å². The highest BCUT2D eigenvalue weighted by molar-refractivity contribution is 5.95. The van der Waals surface area contributed by atoms with E-state index < -0.39 is 0 Å². The van der Waals surface area contributed by atoms with Crippen molar-refractivity contribution in [1.29, 1.82) is 0 Å². The number of aromatic nitrogens is 4. The SMILES string of the molecule is CCc1nc(NC2CCC(NC(=O)c3ccc4c(c3)OCO4)CC2)c2c(C)nn(-c3ccc(C)cc3)c2n1. The minimum Gasteiger partial charge on any atom is -0.454 e. The van der Waals surface area contributed by atoms with E-state index >= 15 is 0 Å². The van der Waals surface area contributed by atoms with Gasteiger partial charge in [0.05, 0.1) is 16.8 Å². The first-order valence-corrected chi connectivity index (χ1v) is 13.3. The van der Waals surface area contributed by atoms with Crippen LogP contribution in [0.15, 0.2) is 42.5 Å². The van der Waals surface area contributed by atoms with Gasteiger partial charge in [0.25, 0.3) is 5.91 Å². The normalized spacial score (nSPS) is 18.5. The molecule has 3 heterocycles. The molecule has 6 rings (SSSR count). The molecule has 4 aromatic rings. The van der Waals surface area contributed by atoms with Crippen molar-refractivity contribution in [1.82, 2.24) is 25.1 Å². The molecule has 1 fully saturated rings. The van der Waals surface area contributed by atoms with Gasteiger partial charge in [-0.15, -0.1) is 0 Å². The summed E-state index contributed by atoms with van der Waals surface area (Å²) in [5.74, 6) is 2.85. The second-order valence-corrected chi connectivity index (χ2v) is 10.1. The maximum absolute atomic E-state index is 12.8. The van der Waals surface area contributed by atoms with Gasteiger partial charge in [-0.25, -0.2) is 14.6 Å². The monoisotopic (exact) mass is 512 g/mol. The van der Waals surface area contributed by atoms with E-state index in [-0.39, 0.29) is 24.8 Å². The predicted octanol–water partition coefficient (Wildman–Crippen LogP) is 4.88. The minimum absolute atomic E-state index is 0.0797. The molecular weight excluding hydrogens is 480 g/mol. The van der Waals surface area contributed by atoms with Gasteiger partial charge in [0.15, 0.2) is 17.1 Å². The van der Waals surface area contributed by atoms with Crippen molar-refractivity contribution in [2.24, 2.45) is 0 Å². The molecule has 2 aromatic carbocycles. The Morgan fingerprint density at radius 1 is 0.974 bits per heavy atom. The number of benzene rings is 2. The highest BCUT2D eigenvalue weighted by Crippen LogP contribution is 2.33. The van der Waals surface area contributed by atoms with Crippen LogP contribution in [0.3, 0.4) is 0 Å². The van der Waals surface area contributed by atoms with Crippen molar-refractivity contribution in [2.75, 3.05) is 12.1 Å².